The second-order valence-electron chi connectivity index (χ2n) is 4.90. The molecule has 2 atom stereocenters. The lowest BCUT2D eigenvalue weighted by Crippen LogP contribution is -2.22. The Morgan fingerprint density at radius 1 is 1.14 bits per heavy atom. The minimum Gasteiger partial charge on any atom is -0.327 e. The first-order valence-electron chi connectivity index (χ1n) is 6.67. The zero-order valence-corrected chi connectivity index (χ0v) is 13.1. The third-order valence-electron chi connectivity index (χ3n) is 3.18. The normalized spacial score (nSPS) is 14.2. The van der Waals surface area contributed by atoms with E-state index in [2.05, 4.69) is 11.1 Å². The van der Waals surface area contributed by atoms with Crippen LogP contribution in [0.15, 0.2) is 52.9 Å². The molecular weight excluding hydrogens is 303 g/mol. The molecule has 0 aliphatic rings. The fourth-order valence-corrected chi connectivity index (χ4v) is 4.49. The Labute approximate surface area is 131 Å². The van der Waals surface area contributed by atoms with Gasteiger partial charge in [0.2, 0.25) is 0 Å². The fraction of sp³-hybridized carbons (Fsp3) is 0.188. The van der Waals surface area contributed by atoms with Gasteiger partial charge < -0.3 is 5.73 Å². The third kappa shape index (κ3) is 3.26. The SMILES string of the molecule is CC(N)C(Sc1nc2ccccc2s1)c1ccc(F)cc1. The summed E-state index contributed by atoms with van der Waals surface area (Å²) in [5, 5.41) is 0.0613. The molecule has 0 aliphatic carbocycles. The van der Waals surface area contributed by atoms with Crippen LogP contribution >= 0.6 is 23.1 Å². The van der Waals surface area contributed by atoms with Gasteiger partial charge in [-0.05, 0) is 36.8 Å². The maximum absolute atomic E-state index is 13.1. The van der Waals surface area contributed by atoms with Gasteiger partial charge in [0.15, 0.2) is 4.34 Å². The number of hydrogen-bond donors (Lipinski definition) is 1. The highest BCUT2D eigenvalue weighted by Crippen LogP contribution is 2.40. The highest BCUT2D eigenvalue weighted by molar-refractivity contribution is 8.01. The summed E-state index contributed by atoms with van der Waals surface area (Å²) in [7, 11) is 0. The summed E-state index contributed by atoms with van der Waals surface area (Å²) in [5.41, 5.74) is 8.14. The van der Waals surface area contributed by atoms with Crippen LogP contribution in [-0.2, 0) is 0 Å². The van der Waals surface area contributed by atoms with Crippen molar-refractivity contribution in [3.05, 3.63) is 59.9 Å². The smallest absolute Gasteiger partial charge is 0.151 e. The number of nitrogens with two attached hydrogens (primary N) is 1. The first-order chi connectivity index (χ1) is 10.1. The van der Waals surface area contributed by atoms with Gasteiger partial charge in [-0.15, -0.1) is 11.3 Å². The molecule has 108 valence electrons. The highest BCUT2D eigenvalue weighted by Gasteiger charge is 2.19. The molecule has 0 bridgehead atoms. The van der Waals surface area contributed by atoms with Crippen molar-refractivity contribution in [1.29, 1.82) is 0 Å². The number of para-hydroxylation sites is 1. The number of halogens is 1. The summed E-state index contributed by atoms with van der Waals surface area (Å²) < 4.78 is 15.2. The molecule has 2 nitrogen and oxygen atoms in total. The predicted molar refractivity (Wildman–Crippen MR) is 88.3 cm³/mol. The number of rotatable bonds is 4. The van der Waals surface area contributed by atoms with Gasteiger partial charge in [0.25, 0.3) is 0 Å². The molecule has 0 radical (unpaired) electrons. The Morgan fingerprint density at radius 2 is 1.86 bits per heavy atom. The van der Waals surface area contributed by atoms with E-state index < -0.39 is 0 Å². The number of thiazole rings is 1. The van der Waals surface area contributed by atoms with Crippen LogP contribution in [-0.4, -0.2) is 11.0 Å². The summed E-state index contributed by atoms with van der Waals surface area (Å²) in [6.07, 6.45) is 0. The summed E-state index contributed by atoms with van der Waals surface area (Å²) in [4.78, 5) is 4.63. The Bertz CT molecular complexity index is 704. The lowest BCUT2D eigenvalue weighted by atomic mass is 10.1. The van der Waals surface area contributed by atoms with E-state index >= 15 is 0 Å². The van der Waals surface area contributed by atoms with Crippen molar-refractivity contribution in [3.63, 3.8) is 0 Å². The van der Waals surface area contributed by atoms with Crippen LogP contribution < -0.4 is 5.73 Å². The minimum atomic E-state index is -0.229. The molecule has 0 saturated heterocycles. The standard InChI is InChI=1S/C16H15FN2S2/c1-10(18)15(11-6-8-12(17)9-7-11)21-16-19-13-4-2-3-5-14(13)20-16/h2-10,15H,18H2,1H3. The first kappa shape index (κ1) is 14.5. The number of aromatic nitrogens is 1. The van der Waals surface area contributed by atoms with Crippen molar-refractivity contribution in [3.8, 4) is 0 Å². The Kier molecular flexibility index (Phi) is 4.24. The van der Waals surface area contributed by atoms with E-state index in [0.29, 0.717) is 0 Å². The predicted octanol–water partition coefficient (Wildman–Crippen LogP) is 4.62. The molecule has 0 amide bonds. The van der Waals surface area contributed by atoms with Crippen molar-refractivity contribution in [2.45, 2.75) is 22.6 Å². The van der Waals surface area contributed by atoms with Gasteiger partial charge in [-0.25, -0.2) is 9.37 Å². The van der Waals surface area contributed by atoms with Crippen LogP contribution in [0.2, 0.25) is 0 Å². The molecule has 3 rings (SSSR count). The maximum Gasteiger partial charge on any atom is 0.151 e. The molecule has 21 heavy (non-hydrogen) atoms. The third-order valence-corrected chi connectivity index (χ3v) is 5.80. The van der Waals surface area contributed by atoms with Gasteiger partial charge in [-0.2, -0.15) is 0 Å². The van der Waals surface area contributed by atoms with Crippen LogP contribution in [0, 0.1) is 5.82 Å². The van der Waals surface area contributed by atoms with Crippen LogP contribution in [0.3, 0.4) is 0 Å². The monoisotopic (exact) mass is 318 g/mol. The average molecular weight is 318 g/mol. The van der Waals surface area contributed by atoms with E-state index in [4.69, 9.17) is 5.73 Å². The van der Waals surface area contributed by atoms with Gasteiger partial charge >= 0.3 is 0 Å². The topological polar surface area (TPSA) is 38.9 Å². The molecular formula is C16H15FN2S2. The molecule has 0 aliphatic heterocycles. The number of fused-ring (bicyclic) bond motifs is 1. The first-order valence-corrected chi connectivity index (χ1v) is 8.36. The molecule has 0 spiro atoms. The average Bonchev–Trinajstić information content (AvgIpc) is 2.88. The number of hydrogen-bond acceptors (Lipinski definition) is 4. The summed E-state index contributed by atoms with van der Waals surface area (Å²) >= 11 is 3.30. The number of thioether (sulfide) groups is 1. The fourth-order valence-electron chi connectivity index (χ4n) is 2.14. The highest BCUT2D eigenvalue weighted by atomic mass is 32.2. The minimum absolute atomic E-state index is 0.0486. The van der Waals surface area contributed by atoms with E-state index in [1.54, 1.807) is 35.2 Å². The lowest BCUT2D eigenvalue weighted by molar-refractivity contribution is 0.625. The number of benzene rings is 2. The molecule has 0 saturated carbocycles. The number of nitrogens with zero attached hydrogens (tertiary/aromatic N) is 1. The van der Waals surface area contributed by atoms with Crippen LogP contribution in [0.25, 0.3) is 10.2 Å². The van der Waals surface area contributed by atoms with Crippen molar-refractivity contribution >= 4 is 33.3 Å². The zero-order valence-electron chi connectivity index (χ0n) is 11.5. The summed E-state index contributed by atoms with van der Waals surface area (Å²) in [6.45, 7) is 1.97. The van der Waals surface area contributed by atoms with Gasteiger partial charge in [-0.1, -0.05) is 36.0 Å². The van der Waals surface area contributed by atoms with Gasteiger partial charge in [0.1, 0.15) is 5.82 Å². The Morgan fingerprint density at radius 3 is 2.52 bits per heavy atom. The molecule has 3 aromatic rings. The second-order valence-corrected chi connectivity index (χ2v) is 7.32. The van der Waals surface area contributed by atoms with Crippen molar-refractivity contribution in [1.82, 2.24) is 4.98 Å². The van der Waals surface area contributed by atoms with Crippen molar-refractivity contribution in [2.24, 2.45) is 5.73 Å². The molecule has 1 aromatic heterocycles. The quantitative estimate of drug-likeness (QED) is 0.714. The van der Waals surface area contributed by atoms with E-state index in [-0.39, 0.29) is 17.1 Å². The van der Waals surface area contributed by atoms with Crippen molar-refractivity contribution in [2.75, 3.05) is 0 Å². The summed E-state index contributed by atoms with van der Waals surface area (Å²) in [6, 6.07) is 14.6. The van der Waals surface area contributed by atoms with Crippen LogP contribution in [0.4, 0.5) is 4.39 Å². The van der Waals surface area contributed by atoms with Gasteiger partial charge in [-0.3, -0.25) is 0 Å². The van der Waals surface area contributed by atoms with Gasteiger partial charge in [0.05, 0.1) is 15.5 Å². The lowest BCUT2D eigenvalue weighted by Gasteiger charge is -2.19. The molecule has 5 heteroatoms. The Hall–Kier alpha value is -1.43. The van der Waals surface area contributed by atoms with Crippen LogP contribution in [0.1, 0.15) is 17.7 Å². The second kappa shape index (κ2) is 6.13. The molecule has 0 fully saturated rings. The van der Waals surface area contributed by atoms with E-state index in [0.717, 1.165) is 15.4 Å². The molecule has 2 N–H and O–H groups in total. The summed E-state index contributed by atoms with van der Waals surface area (Å²) in [5.74, 6) is -0.229. The van der Waals surface area contributed by atoms with E-state index in [1.165, 1.54) is 16.8 Å². The van der Waals surface area contributed by atoms with E-state index in [9.17, 15) is 4.39 Å². The maximum atomic E-state index is 13.1. The molecule has 2 unspecified atom stereocenters. The van der Waals surface area contributed by atoms with Crippen LogP contribution in [0.5, 0.6) is 0 Å². The Balaban J connectivity index is 1.89. The molecule has 1 heterocycles. The zero-order chi connectivity index (χ0) is 14.8. The molecule has 2 aromatic carbocycles. The largest absolute Gasteiger partial charge is 0.327 e. The van der Waals surface area contributed by atoms with Gasteiger partial charge in [0, 0.05) is 6.04 Å². The van der Waals surface area contributed by atoms with Crippen molar-refractivity contribution < 1.29 is 4.39 Å². The van der Waals surface area contributed by atoms with E-state index in [1.807, 2.05) is 25.1 Å².